The van der Waals surface area contributed by atoms with E-state index in [0.717, 1.165) is 5.56 Å². The fourth-order valence-electron chi connectivity index (χ4n) is 2.76. The Labute approximate surface area is 140 Å². The lowest BCUT2D eigenvalue weighted by Crippen LogP contribution is -2.44. The summed E-state index contributed by atoms with van der Waals surface area (Å²) < 4.78 is 5.27. The maximum absolute atomic E-state index is 12.3. The highest BCUT2D eigenvalue weighted by Gasteiger charge is 2.22. The second kappa shape index (κ2) is 7.55. The quantitative estimate of drug-likeness (QED) is 0.885. The second-order valence-electron chi connectivity index (χ2n) is 6.17. The number of rotatable bonds is 5. The summed E-state index contributed by atoms with van der Waals surface area (Å²) in [5.41, 5.74) is 0.877. The molecule has 1 N–H and O–H groups in total. The van der Waals surface area contributed by atoms with E-state index >= 15 is 0 Å². The Balaban J connectivity index is 1.53. The maximum Gasteiger partial charge on any atom is 0.257 e. The van der Waals surface area contributed by atoms with Crippen LogP contribution in [0.2, 0.25) is 0 Å². The maximum atomic E-state index is 12.3. The summed E-state index contributed by atoms with van der Waals surface area (Å²) in [5.74, 6) is 1.10. The first-order valence-corrected chi connectivity index (χ1v) is 8.14. The summed E-state index contributed by atoms with van der Waals surface area (Å²) in [5, 5.41) is 13.5. The van der Waals surface area contributed by atoms with Gasteiger partial charge in [0.15, 0.2) is 5.82 Å². The molecule has 1 aliphatic heterocycles. The van der Waals surface area contributed by atoms with Crippen molar-refractivity contribution in [2.24, 2.45) is 0 Å². The molecule has 0 spiro atoms. The Kier molecular flexibility index (Phi) is 5.22. The minimum atomic E-state index is -0.275. The van der Waals surface area contributed by atoms with Crippen molar-refractivity contribution in [2.45, 2.75) is 25.5 Å². The van der Waals surface area contributed by atoms with E-state index in [1.54, 1.807) is 4.90 Å². The minimum absolute atomic E-state index is 0.0659. The van der Waals surface area contributed by atoms with Crippen LogP contribution >= 0.6 is 0 Å². The van der Waals surface area contributed by atoms with Gasteiger partial charge in [-0.2, -0.15) is 4.98 Å². The van der Waals surface area contributed by atoms with Gasteiger partial charge in [-0.05, 0) is 32.0 Å². The molecule has 0 radical (unpaired) electrons. The van der Waals surface area contributed by atoms with E-state index < -0.39 is 0 Å². The number of hydrogen-bond donors (Lipinski definition) is 1. The lowest BCUT2D eigenvalue weighted by Gasteiger charge is -2.30. The van der Waals surface area contributed by atoms with Crippen molar-refractivity contribution in [3.63, 3.8) is 0 Å². The number of aromatic nitrogens is 2. The standard InChI is InChI=1S/C17H22N4O3/c1-20(12-16(23)21-9-7-14(22)8-10-21)11-15-18-17(24-19-15)13-5-3-2-4-6-13/h2-6,14,22H,7-12H2,1H3. The Hall–Kier alpha value is -2.25. The summed E-state index contributed by atoms with van der Waals surface area (Å²) in [7, 11) is 1.86. The van der Waals surface area contributed by atoms with Crippen molar-refractivity contribution in [1.29, 1.82) is 0 Å². The summed E-state index contributed by atoms with van der Waals surface area (Å²) in [6.45, 7) is 1.98. The van der Waals surface area contributed by atoms with Gasteiger partial charge < -0.3 is 14.5 Å². The zero-order valence-corrected chi connectivity index (χ0v) is 13.8. The number of aliphatic hydroxyl groups is 1. The van der Waals surface area contributed by atoms with Crippen molar-refractivity contribution in [3.05, 3.63) is 36.2 Å². The molecule has 24 heavy (non-hydrogen) atoms. The molecule has 0 unspecified atom stereocenters. The molecule has 1 saturated heterocycles. The van der Waals surface area contributed by atoms with Crippen LogP contribution in [-0.2, 0) is 11.3 Å². The largest absolute Gasteiger partial charge is 0.393 e. The molecular formula is C17H22N4O3. The minimum Gasteiger partial charge on any atom is -0.393 e. The number of likely N-dealkylation sites (N-methyl/N-ethyl adjacent to an activating group) is 1. The fourth-order valence-corrected chi connectivity index (χ4v) is 2.76. The molecule has 0 aliphatic carbocycles. The number of hydrogen-bond acceptors (Lipinski definition) is 6. The number of likely N-dealkylation sites (tertiary alicyclic amines) is 1. The van der Waals surface area contributed by atoms with E-state index in [-0.39, 0.29) is 12.0 Å². The summed E-state index contributed by atoms with van der Waals surface area (Å²) >= 11 is 0. The third kappa shape index (κ3) is 4.18. The third-order valence-electron chi connectivity index (χ3n) is 4.12. The Morgan fingerprint density at radius 2 is 2.04 bits per heavy atom. The second-order valence-corrected chi connectivity index (χ2v) is 6.17. The molecule has 1 aromatic heterocycles. The monoisotopic (exact) mass is 330 g/mol. The van der Waals surface area contributed by atoms with Crippen molar-refractivity contribution in [1.82, 2.24) is 19.9 Å². The van der Waals surface area contributed by atoms with Gasteiger partial charge in [-0.15, -0.1) is 0 Å². The molecule has 1 fully saturated rings. The number of carbonyl (C=O) groups excluding carboxylic acids is 1. The molecule has 1 amide bonds. The molecule has 0 bridgehead atoms. The SMILES string of the molecule is CN(CC(=O)N1CCC(O)CC1)Cc1noc(-c2ccccc2)n1. The van der Waals surface area contributed by atoms with Crippen molar-refractivity contribution >= 4 is 5.91 Å². The topological polar surface area (TPSA) is 82.7 Å². The van der Waals surface area contributed by atoms with Crippen LogP contribution in [0.4, 0.5) is 0 Å². The number of piperidine rings is 1. The van der Waals surface area contributed by atoms with Crippen LogP contribution in [0.15, 0.2) is 34.9 Å². The van der Waals surface area contributed by atoms with E-state index in [9.17, 15) is 9.90 Å². The summed E-state index contributed by atoms with van der Waals surface area (Å²) in [6, 6.07) is 9.59. The molecule has 1 aromatic carbocycles. The third-order valence-corrected chi connectivity index (χ3v) is 4.12. The number of carbonyl (C=O) groups is 1. The zero-order valence-electron chi connectivity index (χ0n) is 13.8. The molecular weight excluding hydrogens is 308 g/mol. The molecule has 2 heterocycles. The first-order chi connectivity index (χ1) is 11.6. The van der Waals surface area contributed by atoms with E-state index in [1.165, 1.54) is 0 Å². The zero-order chi connectivity index (χ0) is 16.9. The van der Waals surface area contributed by atoms with Gasteiger partial charge in [-0.1, -0.05) is 23.4 Å². The van der Waals surface area contributed by atoms with Crippen LogP contribution in [0.1, 0.15) is 18.7 Å². The van der Waals surface area contributed by atoms with Gasteiger partial charge in [0.2, 0.25) is 5.91 Å². The summed E-state index contributed by atoms with van der Waals surface area (Å²) in [4.78, 5) is 20.3. The van der Waals surface area contributed by atoms with Gasteiger partial charge in [0, 0.05) is 18.7 Å². The number of nitrogens with zero attached hydrogens (tertiary/aromatic N) is 4. The average molecular weight is 330 g/mol. The average Bonchev–Trinajstić information content (AvgIpc) is 3.04. The molecule has 0 atom stereocenters. The number of aliphatic hydroxyl groups excluding tert-OH is 1. The van der Waals surface area contributed by atoms with Crippen LogP contribution in [-0.4, -0.2) is 63.7 Å². The molecule has 128 valence electrons. The predicted molar refractivity (Wildman–Crippen MR) is 87.9 cm³/mol. The molecule has 1 aliphatic rings. The molecule has 0 saturated carbocycles. The van der Waals surface area contributed by atoms with Gasteiger partial charge in [0.1, 0.15) is 0 Å². The fraction of sp³-hybridized carbons (Fsp3) is 0.471. The smallest absolute Gasteiger partial charge is 0.257 e. The van der Waals surface area contributed by atoms with E-state index in [1.807, 2.05) is 42.3 Å². The van der Waals surface area contributed by atoms with E-state index in [2.05, 4.69) is 10.1 Å². The number of benzene rings is 1. The van der Waals surface area contributed by atoms with E-state index in [0.29, 0.717) is 50.7 Å². The first kappa shape index (κ1) is 16.6. The number of amides is 1. The van der Waals surface area contributed by atoms with Gasteiger partial charge in [0.05, 0.1) is 19.2 Å². The highest BCUT2D eigenvalue weighted by atomic mass is 16.5. The van der Waals surface area contributed by atoms with Crippen molar-refractivity contribution < 1.29 is 14.4 Å². The molecule has 2 aromatic rings. The van der Waals surface area contributed by atoms with Crippen molar-refractivity contribution in [2.75, 3.05) is 26.7 Å². The van der Waals surface area contributed by atoms with Gasteiger partial charge >= 0.3 is 0 Å². The summed E-state index contributed by atoms with van der Waals surface area (Å²) in [6.07, 6.45) is 1.03. The lowest BCUT2D eigenvalue weighted by atomic mass is 10.1. The molecule has 3 rings (SSSR count). The Morgan fingerprint density at radius 1 is 1.33 bits per heavy atom. The van der Waals surface area contributed by atoms with Crippen LogP contribution in [0.5, 0.6) is 0 Å². The normalized spacial score (nSPS) is 15.9. The lowest BCUT2D eigenvalue weighted by molar-refractivity contribution is -0.134. The highest BCUT2D eigenvalue weighted by Crippen LogP contribution is 2.16. The molecule has 7 heteroatoms. The van der Waals surface area contributed by atoms with Gasteiger partial charge in [0.25, 0.3) is 5.89 Å². The predicted octanol–water partition coefficient (Wildman–Crippen LogP) is 1.15. The Bertz CT molecular complexity index is 665. The van der Waals surface area contributed by atoms with Gasteiger partial charge in [-0.3, -0.25) is 9.69 Å². The van der Waals surface area contributed by atoms with Crippen LogP contribution in [0.25, 0.3) is 11.5 Å². The van der Waals surface area contributed by atoms with Gasteiger partial charge in [-0.25, -0.2) is 0 Å². The Morgan fingerprint density at radius 3 is 2.75 bits per heavy atom. The van der Waals surface area contributed by atoms with Crippen LogP contribution in [0.3, 0.4) is 0 Å². The molecule has 7 nitrogen and oxygen atoms in total. The van der Waals surface area contributed by atoms with Crippen molar-refractivity contribution in [3.8, 4) is 11.5 Å². The van der Waals surface area contributed by atoms with Crippen LogP contribution in [0, 0.1) is 0 Å². The van der Waals surface area contributed by atoms with Crippen LogP contribution < -0.4 is 0 Å². The van der Waals surface area contributed by atoms with E-state index in [4.69, 9.17) is 4.52 Å². The highest BCUT2D eigenvalue weighted by molar-refractivity contribution is 5.78. The first-order valence-electron chi connectivity index (χ1n) is 8.14.